The van der Waals surface area contributed by atoms with E-state index in [0.29, 0.717) is 12.0 Å². The zero-order valence-electron chi connectivity index (χ0n) is 13.0. The summed E-state index contributed by atoms with van der Waals surface area (Å²) in [5.74, 6) is 1.52. The van der Waals surface area contributed by atoms with Crippen molar-refractivity contribution in [1.82, 2.24) is 5.32 Å². The minimum Gasteiger partial charge on any atom is -0.494 e. The van der Waals surface area contributed by atoms with E-state index in [4.69, 9.17) is 4.74 Å². The Morgan fingerprint density at radius 1 is 0.905 bits per heavy atom. The number of benzene rings is 2. The van der Waals surface area contributed by atoms with Crippen LogP contribution in [-0.2, 0) is 0 Å². The fraction of sp³-hybridized carbons (Fsp3) is 0.368. The molecule has 0 fully saturated rings. The zero-order chi connectivity index (χ0) is 14.9. The van der Waals surface area contributed by atoms with Crippen LogP contribution in [0.15, 0.2) is 60.7 Å². The molecule has 0 saturated carbocycles. The molecule has 0 aromatic heterocycles. The maximum absolute atomic E-state index is 5.71. The molecule has 1 atom stereocenters. The van der Waals surface area contributed by atoms with Gasteiger partial charge in [-0.3, -0.25) is 0 Å². The highest BCUT2D eigenvalue weighted by molar-refractivity contribution is 5.21. The maximum Gasteiger partial charge on any atom is 0.119 e. The highest BCUT2D eigenvalue weighted by atomic mass is 16.5. The van der Waals surface area contributed by atoms with Crippen molar-refractivity contribution in [2.45, 2.75) is 26.3 Å². The van der Waals surface area contributed by atoms with Gasteiger partial charge in [0.05, 0.1) is 6.61 Å². The molecule has 0 radical (unpaired) electrons. The second-order valence-electron chi connectivity index (χ2n) is 5.60. The third kappa shape index (κ3) is 5.24. The summed E-state index contributed by atoms with van der Waals surface area (Å²) in [7, 11) is 0. The van der Waals surface area contributed by atoms with Gasteiger partial charge in [-0.15, -0.1) is 0 Å². The smallest absolute Gasteiger partial charge is 0.119 e. The van der Waals surface area contributed by atoms with Gasteiger partial charge >= 0.3 is 0 Å². The Labute approximate surface area is 128 Å². The van der Waals surface area contributed by atoms with Crippen molar-refractivity contribution in [2.75, 3.05) is 13.2 Å². The SMILES string of the molecule is CC(C)C(NCCCOc1ccccc1)c1ccccc1. The van der Waals surface area contributed by atoms with Crippen LogP contribution in [0.5, 0.6) is 5.75 Å². The Morgan fingerprint density at radius 2 is 1.52 bits per heavy atom. The largest absolute Gasteiger partial charge is 0.494 e. The molecule has 1 unspecified atom stereocenters. The van der Waals surface area contributed by atoms with Crippen LogP contribution in [0.1, 0.15) is 31.9 Å². The van der Waals surface area contributed by atoms with Crippen molar-refractivity contribution < 1.29 is 4.74 Å². The Kier molecular flexibility index (Phi) is 6.29. The van der Waals surface area contributed by atoms with Crippen LogP contribution in [0.2, 0.25) is 0 Å². The van der Waals surface area contributed by atoms with E-state index < -0.39 is 0 Å². The highest BCUT2D eigenvalue weighted by Crippen LogP contribution is 2.21. The predicted octanol–water partition coefficient (Wildman–Crippen LogP) is 4.44. The lowest BCUT2D eigenvalue weighted by atomic mass is 9.96. The summed E-state index contributed by atoms with van der Waals surface area (Å²) in [6.45, 7) is 6.22. The molecule has 2 nitrogen and oxygen atoms in total. The molecule has 0 amide bonds. The fourth-order valence-corrected chi connectivity index (χ4v) is 2.44. The van der Waals surface area contributed by atoms with Crippen molar-refractivity contribution in [3.8, 4) is 5.75 Å². The van der Waals surface area contributed by atoms with Gasteiger partial charge < -0.3 is 10.1 Å². The molecule has 0 heterocycles. The van der Waals surface area contributed by atoms with Crippen LogP contribution >= 0.6 is 0 Å². The van der Waals surface area contributed by atoms with Crippen molar-refractivity contribution in [3.63, 3.8) is 0 Å². The number of hydrogen-bond acceptors (Lipinski definition) is 2. The first-order chi connectivity index (χ1) is 10.3. The van der Waals surface area contributed by atoms with E-state index in [1.807, 2.05) is 30.3 Å². The number of ether oxygens (including phenoxy) is 1. The van der Waals surface area contributed by atoms with Crippen molar-refractivity contribution >= 4 is 0 Å². The first-order valence-electron chi connectivity index (χ1n) is 7.73. The number of rotatable bonds is 8. The summed E-state index contributed by atoms with van der Waals surface area (Å²) in [5, 5.41) is 3.64. The number of para-hydroxylation sites is 1. The molecule has 112 valence electrons. The van der Waals surface area contributed by atoms with E-state index in [1.165, 1.54) is 5.56 Å². The van der Waals surface area contributed by atoms with Gasteiger partial charge in [-0.1, -0.05) is 62.4 Å². The molecule has 0 aliphatic carbocycles. The molecule has 0 spiro atoms. The van der Waals surface area contributed by atoms with Crippen molar-refractivity contribution in [2.24, 2.45) is 5.92 Å². The normalized spacial score (nSPS) is 12.3. The van der Waals surface area contributed by atoms with E-state index in [1.54, 1.807) is 0 Å². The van der Waals surface area contributed by atoms with Crippen molar-refractivity contribution in [1.29, 1.82) is 0 Å². The second kappa shape index (κ2) is 8.48. The molecule has 0 aliphatic rings. The third-order valence-corrected chi connectivity index (χ3v) is 3.52. The Morgan fingerprint density at radius 3 is 2.14 bits per heavy atom. The maximum atomic E-state index is 5.71. The zero-order valence-corrected chi connectivity index (χ0v) is 13.0. The Balaban J connectivity index is 1.73. The van der Waals surface area contributed by atoms with Gasteiger partial charge in [-0.25, -0.2) is 0 Å². The van der Waals surface area contributed by atoms with Crippen LogP contribution in [-0.4, -0.2) is 13.2 Å². The lowest BCUT2D eigenvalue weighted by Gasteiger charge is -2.23. The molecular formula is C19H25NO. The third-order valence-electron chi connectivity index (χ3n) is 3.52. The quantitative estimate of drug-likeness (QED) is 0.723. The van der Waals surface area contributed by atoms with Crippen LogP contribution < -0.4 is 10.1 Å². The van der Waals surface area contributed by atoms with E-state index >= 15 is 0 Å². The summed E-state index contributed by atoms with van der Waals surface area (Å²) in [4.78, 5) is 0. The molecule has 1 N–H and O–H groups in total. The van der Waals surface area contributed by atoms with Gasteiger partial charge in [-0.2, -0.15) is 0 Å². The molecule has 0 bridgehead atoms. The summed E-state index contributed by atoms with van der Waals surface area (Å²) in [6.07, 6.45) is 1.00. The topological polar surface area (TPSA) is 21.3 Å². The van der Waals surface area contributed by atoms with Gasteiger partial charge in [0, 0.05) is 6.04 Å². The molecule has 21 heavy (non-hydrogen) atoms. The molecule has 2 rings (SSSR count). The summed E-state index contributed by atoms with van der Waals surface area (Å²) >= 11 is 0. The summed E-state index contributed by atoms with van der Waals surface area (Å²) < 4.78 is 5.71. The number of nitrogens with one attached hydrogen (secondary N) is 1. The first-order valence-corrected chi connectivity index (χ1v) is 7.73. The Bertz CT molecular complexity index is 495. The Hall–Kier alpha value is -1.80. The highest BCUT2D eigenvalue weighted by Gasteiger charge is 2.14. The van der Waals surface area contributed by atoms with Gasteiger partial charge in [0.2, 0.25) is 0 Å². The predicted molar refractivity (Wildman–Crippen MR) is 88.6 cm³/mol. The summed E-state index contributed by atoms with van der Waals surface area (Å²) in [5.41, 5.74) is 1.36. The first kappa shape index (κ1) is 15.6. The molecule has 0 saturated heterocycles. The van der Waals surface area contributed by atoms with E-state index in [-0.39, 0.29) is 0 Å². The molecule has 2 heteroatoms. The van der Waals surface area contributed by atoms with Crippen LogP contribution in [0.4, 0.5) is 0 Å². The summed E-state index contributed by atoms with van der Waals surface area (Å²) in [6, 6.07) is 21.0. The average Bonchev–Trinajstić information content (AvgIpc) is 2.52. The van der Waals surface area contributed by atoms with E-state index in [9.17, 15) is 0 Å². The monoisotopic (exact) mass is 283 g/mol. The van der Waals surface area contributed by atoms with Crippen LogP contribution in [0.3, 0.4) is 0 Å². The fourth-order valence-electron chi connectivity index (χ4n) is 2.44. The van der Waals surface area contributed by atoms with E-state index in [0.717, 1.165) is 25.3 Å². The van der Waals surface area contributed by atoms with Gasteiger partial charge in [0.1, 0.15) is 5.75 Å². The van der Waals surface area contributed by atoms with Crippen LogP contribution in [0, 0.1) is 5.92 Å². The van der Waals surface area contributed by atoms with E-state index in [2.05, 4.69) is 49.5 Å². The van der Waals surface area contributed by atoms with Gasteiger partial charge in [0.25, 0.3) is 0 Å². The minimum absolute atomic E-state index is 0.405. The second-order valence-corrected chi connectivity index (χ2v) is 5.60. The average molecular weight is 283 g/mol. The number of hydrogen-bond donors (Lipinski definition) is 1. The lowest BCUT2D eigenvalue weighted by Crippen LogP contribution is -2.27. The minimum atomic E-state index is 0.405. The standard InChI is InChI=1S/C19H25NO/c1-16(2)19(17-10-5-3-6-11-17)20-14-9-15-21-18-12-7-4-8-13-18/h3-8,10-13,16,19-20H,9,14-15H2,1-2H3. The molecule has 2 aromatic rings. The molecule has 2 aromatic carbocycles. The van der Waals surface area contributed by atoms with Gasteiger partial charge in [0.15, 0.2) is 0 Å². The van der Waals surface area contributed by atoms with Gasteiger partial charge in [-0.05, 0) is 36.6 Å². The van der Waals surface area contributed by atoms with Crippen molar-refractivity contribution in [3.05, 3.63) is 66.2 Å². The molecule has 0 aliphatic heterocycles. The van der Waals surface area contributed by atoms with Crippen LogP contribution in [0.25, 0.3) is 0 Å². The molecular weight excluding hydrogens is 258 g/mol. The lowest BCUT2D eigenvalue weighted by molar-refractivity contribution is 0.299.